The first-order chi connectivity index (χ1) is 12.3. The van der Waals surface area contributed by atoms with E-state index in [1.807, 2.05) is 45.9 Å². The number of carbonyl (C=O) groups excluding carboxylic acids is 1. The van der Waals surface area contributed by atoms with Crippen LogP contribution in [0, 0.1) is 5.41 Å². The molecule has 1 aliphatic rings. The summed E-state index contributed by atoms with van der Waals surface area (Å²) in [6.45, 7) is 8.03. The lowest BCUT2D eigenvalue weighted by Gasteiger charge is -2.30. The Hall–Kier alpha value is -2.42. The maximum absolute atomic E-state index is 12.8. The van der Waals surface area contributed by atoms with Gasteiger partial charge in [-0.05, 0) is 35.6 Å². The van der Waals surface area contributed by atoms with Crippen LogP contribution in [-0.4, -0.2) is 22.6 Å². The molecule has 136 valence electrons. The van der Waals surface area contributed by atoms with Gasteiger partial charge < -0.3 is 5.11 Å². The van der Waals surface area contributed by atoms with E-state index in [2.05, 4.69) is 24.3 Å². The quantitative estimate of drug-likeness (QED) is 0.748. The van der Waals surface area contributed by atoms with Gasteiger partial charge in [-0.1, -0.05) is 56.3 Å². The van der Waals surface area contributed by atoms with Crippen LogP contribution in [0.3, 0.4) is 0 Å². The normalized spacial score (nSPS) is 18.0. The highest BCUT2D eigenvalue weighted by Crippen LogP contribution is 2.36. The molecule has 0 amide bonds. The molecule has 3 heteroatoms. The zero-order valence-electron chi connectivity index (χ0n) is 16.0. The molecule has 0 atom stereocenters. The molecular formula is C23H27NO2. The number of ketones is 1. The van der Waals surface area contributed by atoms with Crippen LogP contribution >= 0.6 is 0 Å². The van der Waals surface area contributed by atoms with Crippen molar-refractivity contribution in [1.29, 1.82) is 0 Å². The summed E-state index contributed by atoms with van der Waals surface area (Å²) >= 11 is 0. The highest BCUT2D eigenvalue weighted by molar-refractivity contribution is 6.24. The van der Waals surface area contributed by atoms with Crippen molar-refractivity contribution < 1.29 is 9.90 Å². The first-order valence-corrected chi connectivity index (χ1v) is 9.26. The summed E-state index contributed by atoms with van der Waals surface area (Å²) in [7, 11) is 0. The van der Waals surface area contributed by atoms with Crippen molar-refractivity contribution in [2.75, 3.05) is 0 Å². The van der Waals surface area contributed by atoms with Gasteiger partial charge in [-0.15, -0.1) is 0 Å². The summed E-state index contributed by atoms with van der Waals surface area (Å²) in [6.07, 6.45) is 1.50. The molecule has 0 spiro atoms. The van der Waals surface area contributed by atoms with Crippen LogP contribution in [0.25, 0.3) is 10.8 Å². The molecule has 0 saturated carbocycles. The van der Waals surface area contributed by atoms with Crippen LogP contribution in [0.4, 0.5) is 0 Å². The number of nitrogens with zero attached hydrogens (tertiary/aromatic N) is 1. The van der Waals surface area contributed by atoms with Gasteiger partial charge in [0.15, 0.2) is 5.78 Å². The Bertz CT molecular complexity index is 898. The lowest BCUT2D eigenvalue weighted by Crippen LogP contribution is -2.30. The average molecular weight is 349 g/mol. The van der Waals surface area contributed by atoms with Crippen molar-refractivity contribution in [3.63, 3.8) is 0 Å². The minimum atomic E-state index is -0.201. The van der Waals surface area contributed by atoms with Gasteiger partial charge in [0.1, 0.15) is 5.76 Å². The Balaban J connectivity index is 2.07. The molecule has 0 heterocycles. The summed E-state index contributed by atoms with van der Waals surface area (Å²) in [5, 5.41) is 13.0. The van der Waals surface area contributed by atoms with Crippen LogP contribution in [-0.2, 0) is 11.2 Å². The lowest BCUT2D eigenvalue weighted by molar-refractivity contribution is -0.117. The van der Waals surface area contributed by atoms with E-state index >= 15 is 0 Å². The maximum Gasteiger partial charge on any atom is 0.168 e. The largest absolute Gasteiger partial charge is 0.511 e. The van der Waals surface area contributed by atoms with Crippen molar-refractivity contribution in [3.8, 4) is 0 Å². The highest BCUT2D eigenvalue weighted by Gasteiger charge is 2.35. The summed E-state index contributed by atoms with van der Waals surface area (Å²) in [5.74, 6) is 0.185. The van der Waals surface area contributed by atoms with Gasteiger partial charge in [-0.3, -0.25) is 9.79 Å². The molecule has 0 saturated heterocycles. The van der Waals surface area contributed by atoms with Gasteiger partial charge in [0.2, 0.25) is 0 Å². The van der Waals surface area contributed by atoms with Gasteiger partial charge in [0.05, 0.1) is 11.3 Å². The second-order valence-corrected chi connectivity index (χ2v) is 8.25. The van der Waals surface area contributed by atoms with Gasteiger partial charge in [-0.2, -0.15) is 0 Å². The molecule has 3 nitrogen and oxygen atoms in total. The highest BCUT2D eigenvalue weighted by atomic mass is 16.3. The Morgan fingerprint density at radius 2 is 1.81 bits per heavy atom. The Morgan fingerprint density at radius 1 is 1.12 bits per heavy atom. The Kier molecular flexibility index (Phi) is 4.99. The van der Waals surface area contributed by atoms with Gasteiger partial charge in [0.25, 0.3) is 0 Å². The van der Waals surface area contributed by atoms with Gasteiger partial charge in [-0.25, -0.2) is 0 Å². The van der Waals surface area contributed by atoms with E-state index in [-0.39, 0.29) is 23.0 Å². The second-order valence-electron chi connectivity index (χ2n) is 8.25. The third-order valence-corrected chi connectivity index (χ3v) is 4.79. The zero-order chi connectivity index (χ0) is 18.9. The number of aliphatic hydroxyl groups is 1. The fraction of sp³-hybridized carbons (Fsp3) is 0.391. The van der Waals surface area contributed by atoms with Crippen molar-refractivity contribution in [3.05, 3.63) is 59.4 Å². The van der Waals surface area contributed by atoms with E-state index in [0.717, 1.165) is 10.9 Å². The van der Waals surface area contributed by atoms with Crippen LogP contribution in [0.2, 0.25) is 0 Å². The summed E-state index contributed by atoms with van der Waals surface area (Å²) in [5.41, 5.74) is 2.06. The standard InChI is InChI=1S/C23H27NO2/c1-15(2)24-19(22-20(25)13-23(3,4)14-21(22)26)12-17-10-7-9-16-8-5-6-11-18(16)17/h5-11,15,25H,12-14H2,1-4H3. The van der Waals surface area contributed by atoms with Gasteiger partial charge >= 0.3 is 0 Å². The summed E-state index contributed by atoms with van der Waals surface area (Å²) in [6, 6.07) is 14.5. The smallest absolute Gasteiger partial charge is 0.168 e. The molecule has 0 unspecified atom stereocenters. The third kappa shape index (κ3) is 3.87. The molecule has 1 N–H and O–H groups in total. The summed E-state index contributed by atoms with van der Waals surface area (Å²) in [4.78, 5) is 17.5. The molecule has 26 heavy (non-hydrogen) atoms. The number of carbonyl (C=O) groups is 1. The number of fused-ring (bicyclic) bond motifs is 1. The molecule has 0 aliphatic heterocycles. The van der Waals surface area contributed by atoms with Crippen LogP contribution in [0.15, 0.2) is 58.8 Å². The number of hydrogen-bond donors (Lipinski definition) is 1. The predicted octanol–water partition coefficient (Wildman–Crippen LogP) is 5.43. The van der Waals surface area contributed by atoms with Crippen LogP contribution in [0.1, 0.15) is 46.1 Å². The predicted molar refractivity (Wildman–Crippen MR) is 108 cm³/mol. The molecule has 0 bridgehead atoms. The van der Waals surface area contributed by atoms with E-state index < -0.39 is 0 Å². The molecule has 1 aliphatic carbocycles. The molecule has 0 aromatic heterocycles. The second kappa shape index (κ2) is 7.06. The number of aliphatic imine (C=N–C) groups is 1. The average Bonchev–Trinajstić information content (AvgIpc) is 2.52. The van der Waals surface area contributed by atoms with E-state index in [0.29, 0.717) is 30.5 Å². The molecular weight excluding hydrogens is 322 g/mol. The van der Waals surface area contributed by atoms with Crippen molar-refractivity contribution in [1.82, 2.24) is 0 Å². The zero-order valence-corrected chi connectivity index (χ0v) is 16.0. The SMILES string of the molecule is CC(C)N=C(Cc1cccc2ccccc12)C1=C(O)CC(C)(C)CC1=O. The van der Waals surface area contributed by atoms with Crippen LogP contribution in [0.5, 0.6) is 0 Å². The van der Waals surface area contributed by atoms with Crippen LogP contribution < -0.4 is 0 Å². The Morgan fingerprint density at radius 3 is 2.50 bits per heavy atom. The number of Topliss-reactive ketones (excluding diaryl/α,β-unsaturated/α-hetero) is 1. The van der Waals surface area contributed by atoms with E-state index in [1.165, 1.54) is 5.39 Å². The minimum absolute atomic E-state index is 0.00149. The number of allylic oxidation sites excluding steroid dienone is 2. The number of aliphatic hydroxyl groups excluding tert-OH is 1. The maximum atomic E-state index is 12.8. The molecule has 0 fully saturated rings. The Labute approximate surface area is 155 Å². The van der Waals surface area contributed by atoms with E-state index in [1.54, 1.807) is 0 Å². The van der Waals surface area contributed by atoms with Crippen molar-refractivity contribution in [2.45, 2.75) is 53.0 Å². The van der Waals surface area contributed by atoms with Gasteiger partial charge in [0, 0.05) is 25.3 Å². The number of benzene rings is 2. The minimum Gasteiger partial charge on any atom is -0.511 e. The molecule has 2 aromatic carbocycles. The first-order valence-electron chi connectivity index (χ1n) is 9.26. The van der Waals surface area contributed by atoms with Crippen molar-refractivity contribution >= 4 is 22.3 Å². The topological polar surface area (TPSA) is 49.7 Å². The molecule has 2 aromatic rings. The number of rotatable bonds is 4. The number of hydrogen-bond acceptors (Lipinski definition) is 3. The third-order valence-electron chi connectivity index (χ3n) is 4.79. The fourth-order valence-electron chi connectivity index (χ4n) is 3.75. The van der Waals surface area contributed by atoms with E-state index in [9.17, 15) is 9.90 Å². The molecule has 0 radical (unpaired) electrons. The van der Waals surface area contributed by atoms with Crippen molar-refractivity contribution in [2.24, 2.45) is 10.4 Å². The first kappa shape index (κ1) is 18.4. The summed E-state index contributed by atoms with van der Waals surface area (Å²) < 4.78 is 0. The monoisotopic (exact) mass is 349 g/mol. The van der Waals surface area contributed by atoms with E-state index in [4.69, 9.17) is 4.99 Å². The fourth-order valence-corrected chi connectivity index (χ4v) is 3.75. The lowest BCUT2D eigenvalue weighted by atomic mass is 9.75. The molecule has 3 rings (SSSR count).